The molecule has 0 bridgehead atoms. The summed E-state index contributed by atoms with van der Waals surface area (Å²) in [6.07, 6.45) is 7.02. The average Bonchev–Trinajstić information content (AvgIpc) is 2.71. The van der Waals surface area contributed by atoms with Gasteiger partial charge in [-0.15, -0.1) is 0 Å². The zero-order valence-corrected chi connectivity index (χ0v) is 12.8. The summed E-state index contributed by atoms with van der Waals surface area (Å²) in [6, 6.07) is 1.22. The van der Waals surface area contributed by atoms with E-state index in [-0.39, 0.29) is 0 Å². The van der Waals surface area contributed by atoms with Crippen LogP contribution in [0.5, 0.6) is 0 Å². The van der Waals surface area contributed by atoms with Crippen LogP contribution >= 0.6 is 0 Å². The van der Waals surface area contributed by atoms with Gasteiger partial charge in [0, 0.05) is 31.4 Å². The maximum Gasteiger partial charge on any atom is 0.203 e. The lowest BCUT2D eigenvalue weighted by Gasteiger charge is -2.35. The zero-order chi connectivity index (χ0) is 13.8. The molecule has 2 rings (SSSR count). The number of piperidine rings is 1. The quantitative estimate of drug-likeness (QED) is 0.887. The van der Waals surface area contributed by atoms with Gasteiger partial charge in [0.2, 0.25) is 5.95 Å². The maximum atomic E-state index is 4.64. The van der Waals surface area contributed by atoms with Gasteiger partial charge in [-0.3, -0.25) is 0 Å². The molecule has 2 atom stereocenters. The molecule has 1 aromatic rings. The second-order valence-electron chi connectivity index (χ2n) is 5.95. The summed E-state index contributed by atoms with van der Waals surface area (Å²) in [5, 5.41) is 3.66. The van der Waals surface area contributed by atoms with Crippen LogP contribution in [-0.2, 0) is 6.54 Å². The molecule has 2 unspecified atom stereocenters. The number of hydrogen-bond acceptors (Lipinski definition) is 3. The Morgan fingerprint density at radius 3 is 2.95 bits per heavy atom. The Bertz CT molecular complexity index is 399. The first-order valence-corrected chi connectivity index (χ1v) is 7.60. The third kappa shape index (κ3) is 3.72. The Labute approximate surface area is 117 Å². The number of unbranched alkanes of at least 4 members (excludes halogenated alkanes) is 1. The topological polar surface area (TPSA) is 33.1 Å². The molecule has 0 saturated carbocycles. The van der Waals surface area contributed by atoms with Gasteiger partial charge in [-0.2, -0.15) is 0 Å². The van der Waals surface area contributed by atoms with Gasteiger partial charge in [0.05, 0.1) is 5.69 Å². The first kappa shape index (κ1) is 14.4. The summed E-state index contributed by atoms with van der Waals surface area (Å²) >= 11 is 0. The molecule has 0 radical (unpaired) electrons. The number of hydrogen-bond donors (Lipinski definition) is 1. The lowest BCUT2D eigenvalue weighted by molar-refractivity contribution is 0.189. The second-order valence-corrected chi connectivity index (χ2v) is 5.95. The van der Waals surface area contributed by atoms with Gasteiger partial charge in [0.25, 0.3) is 0 Å². The highest BCUT2D eigenvalue weighted by molar-refractivity contribution is 5.30. The molecule has 1 fully saturated rings. The van der Waals surface area contributed by atoms with Crippen LogP contribution in [0.1, 0.15) is 45.2 Å². The third-order valence-corrected chi connectivity index (χ3v) is 4.19. The lowest BCUT2D eigenvalue weighted by atomic mass is 9.99. The van der Waals surface area contributed by atoms with Crippen molar-refractivity contribution in [3.63, 3.8) is 0 Å². The van der Waals surface area contributed by atoms with Crippen molar-refractivity contribution in [2.45, 2.75) is 65.1 Å². The van der Waals surface area contributed by atoms with Gasteiger partial charge in [0.15, 0.2) is 0 Å². The SMILES string of the molecule is CCCCn1cc(C)nc1NC1CCN(C)C(C)C1. The molecule has 0 aliphatic carbocycles. The van der Waals surface area contributed by atoms with Gasteiger partial charge in [-0.1, -0.05) is 13.3 Å². The molecule has 1 aliphatic rings. The molecule has 19 heavy (non-hydrogen) atoms. The van der Waals surface area contributed by atoms with Crippen LogP contribution < -0.4 is 5.32 Å². The fourth-order valence-electron chi connectivity index (χ4n) is 2.76. The molecule has 4 heteroatoms. The van der Waals surface area contributed by atoms with Crippen molar-refractivity contribution in [3.8, 4) is 0 Å². The van der Waals surface area contributed by atoms with E-state index in [2.05, 4.69) is 53.8 Å². The number of rotatable bonds is 5. The molecule has 1 aliphatic heterocycles. The maximum absolute atomic E-state index is 4.64. The van der Waals surface area contributed by atoms with Crippen molar-refractivity contribution in [2.24, 2.45) is 0 Å². The van der Waals surface area contributed by atoms with E-state index in [9.17, 15) is 0 Å². The molecule has 108 valence electrons. The van der Waals surface area contributed by atoms with Crippen LogP contribution in [0, 0.1) is 6.92 Å². The largest absolute Gasteiger partial charge is 0.353 e. The first-order valence-electron chi connectivity index (χ1n) is 7.60. The molecule has 2 heterocycles. The highest BCUT2D eigenvalue weighted by atomic mass is 15.2. The lowest BCUT2D eigenvalue weighted by Crippen LogP contribution is -2.43. The normalized spacial score (nSPS) is 24.6. The third-order valence-electron chi connectivity index (χ3n) is 4.19. The summed E-state index contributed by atoms with van der Waals surface area (Å²) < 4.78 is 2.28. The first-order chi connectivity index (χ1) is 9.10. The number of nitrogens with zero attached hydrogens (tertiary/aromatic N) is 3. The van der Waals surface area contributed by atoms with E-state index >= 15 is 0 Å². The summed E-state index contributed by atoms with van der Waals surface area (Å²) in [6.45, 7) is 8.86. The predicted octanol–water partition coefficient (Wildman–Crippen LogP) is 2.89. The molecular weight excluding hydrogens is 236 g/mol. The van der Waals surface area contributed by atoms with Crippen LogP contribution in [0.25, 0.3) is 0 Å². The Hall–Kier alpha value is -1.03. The van der Waals surface area contributed by atoms with E-state index in [1.807, 2.05) is 0 Å². The van der Waals surface area contributed by atoms with Gasteiger partial charge in [-0.25, -0.2) is 4.98 Å². The highest BCUT2D eigenvalue weighted by Gasteiger charge is 2.23. The molecule has 1 N–H and O–H groups in total. The average molecular weight is 264 g/mol. The van der Waals surface area contributed by atoms with Crippen molar-refractivity contribution in [1.82, 2.24) is 14.5 Å². The standard InChI is InChI=1S/C15H28N4/c1-5-6-8-19-11-12(2)16-15(19)17-14-7-9-18(4)13(3)10-14/h11,13-14H,5-10H2,1-4H3,(H,16,17). The molecule has 1 saturated heterocycles. The van der Waals surface area contributed by atoms with E-state index in [1.165, 1.54) is 32.2 Å². The summed E-state index contributed by atoms with van der Waals surface area (Å²) in [5.41, 5.74) is 1.11. The van der Waals surface area contributed by atoms with E-state index in [1.54, 1.807) is 0 Å². The van der Waals surface area contributed by atoms with Crippen LogP contribution in [0.2, 0.25) is 0 Å². The van der Waals surface area contributed by atoms with Crippen molar-refractivity contribution >= 4 is 5.95 Å². The Kier molecular flexibility index (Phi) is 4.86. The monoisotopic (exact) mass is 264 g/mol. The molecule has 1 aromatic heterocycles. The van der Waals surface area contributed by atoms with E-state index in [0.717, 1.165) is 18.2 Å². The highest BCUT2D eigenvalue weighted by Crippen LogP contribution is 2.20. The van der Waals surface area contributed by atoms with Gasteiger partial charge in [-0.05, 0) is 40.2 Å². The van der Waals surface area contributed by atoms with Crippen LogP contribution in [0.15, 0.2) is 6.20 Å². The predicted molar refractivity (Wildman–Crippen MR) is 80.6 cm³/mol. The van der Waals surface area contributed by atoms with Crippen molar-refractivity contribution in [1.29, 1.82) is 0 Å². The van der Waals surface area contributed by atoms with Crippen LogP contribution in [-0.4, -0.2) is 40.1 Å². The minimum absolute atomic E-state index is 0.563. The van der Waals surface area contributed by atoms with Gasteiger partial charge >= 0.3 is 0 Å². The van der Waals surface area contributed by atoms with Crippen LogP contribution in [0.4, 0.5) is 5.95 Å². The molecule has 0 amide bonds. The summed E-state index contributed by atoms with van der Waals surface area (Å²) in [4.78, 5) is 7.08. The van der Waals surface area contributed by atoms with Crippen molar-refractivity contribution < 1.29 is 0 Å². The van der Waals surface area contributed by atoms with Crippen LogP contribution in [0.3, 0.4) is 0 Å². The molecular formula is C15H28N4. The number of aromatic nitrogens is 2. The number of aryl methyl sites for hydroxylation is 2. The van der Waals surface area contributed by atoms with Gasteiger partial charge < -0.3 is 14.8 Å². The Morgan fingerprint density at radius 2 is 2.26 bits per heavy atom. The van der Waals surface area contributed by atoms with E-state index in [4.69, 9.17) is 0 Å². The number of nitrogens with one attached hydrogen (secondary N) is 1. The Morgan fingerprint density at radius 1 is 1.47 bits per heavy atom. The minimum Gasteiger partial charge on any atom is -0.353 e. The summed E-state index contributed by atoms with van der Waals surface area (Å²) in [5.74, 6) is 1.06. The van der Waals surface area contributed by atoms with E-state index < -0.39 is 0 Å². The fraction of sp³-hybridized carbons (Fsp3) is 0.800. The van der Waals surface area contributed by atoms with Crippen molar-refractivity contribution in [2.75, 3.05) is 18.9 Å². The molecule has 4 nitrogen and oxygen atoms in total. The smallest absolute Gasteiger partial charge is 0.203 e. The zero-order valence-electron chi connectivity index (χ0n) is 12.8. The summed E-state index contributed by atoms with van der Waals surface area (Å²) in [7, 11) is 2.22. The second kappa shape index (κ2) is 6.42. The number of imidazole rings is 1. The van der Waals surface area contributed by atoms with E-state index in [0.29, 0.717) is 12.1 Å². The molecule has 0 aromatic carbocycles. The number of anilines is 1. The molecule has 0 spiro atoms. The fourth-order valence-corrected chi connectivity index (χ4v) is 2.76. The van der Waals surface area contributed by atoms with Crippen molar-refractivity contribution in [3.05, 3.63) is 11.9 Å². The van der Waals surface area contributed by atoms with Gasteiger partial charge in [0.1, 0.15) is 0 Å². The number of likely N-dealkylation sites (tertiary alicyclic amines) is 1. The minimum atomic E-state index is 0.563. The Balaban J connectivity index is 1.98.